The van der Waals surface area contributed by atoms with E-state index in [4.69, 9.17) is 9.47 Å². The SMILES string of the molecule is CC(C)(C)c1ccc(C[N+]2=C(c3ccc(F)cc3F)c3cc4c(cc3CC2)OCO4)cc1.[Br-]. The van der Waals surface area contributed by atoms with Gasteiger partial charge >= 0.3 is 0 Å². The number of halogens is 3. The molecule has 3 aromatic carbocycles. The zero-order valence-corrected chi connectivity index (χ0v) is 20.5. The second-order valence-electron chi connectivity index (χ2n) is 9.45. The van der Waals surface area contributed by atoms with Gasteiger partial charge in [-0.05, 0) is 40.8 Å². The van der Waals surface area contributed by atoms with E-state index in [2.05, 4.69) is 49.6 Å². The molecule has 0 spiro atoms. The summed E-state index contributed by atoms with van der Waals surface area (Å²) in [5.74, 6) is 0.213. The zero-order valence-electron chi connectivity index (χ0n) is 18.9. The molecule has 0 fully saturated rings. The Bertz CT molecular complexity index is 1230. The molecule has 0 unspecified atom stereocenters. The highest BCUT2D eigenvalue weighted by atomic mass is 79.9. The van der Waals surface area contributed by atoms with Crippen molar-refractivity contribution >= 4 is 5.71 Å². The van der Waals surface area contributed by atoms with Gasteiger partial charge in [0.2, 0.25) is 12.5 Å². The molecule has 0 bridgehead atoms. The molecule has 2 aliphatic rings. The van der Waals surface area contributed by atoms with Crippen molar-refractivity contribution in [1.29, 1.82) is 0 Å². The summed E-state index contributed by atoms with van der Waals surface area (Å²) in [6, 6.07) is 16.3. The first-order valence-corrected chi connectivity index (χ1v) is 10.9. The molecule has 0 saturated heterocycles. The minimum atomic E-state index is -0.585. The van der Waals surface area contributed by atoms with Crippen LogP contribution in [0.5, 0.6) is 11.5 Å². The van der Waals surface area contributed by atoms with Gasteiger partial charge in [-0.1, -0.05) is 45.0 Å². The molecule has 172 valence electrons. The highest BCUT2D eigenvalue weighted by Gasteiger charge is 2.32. The quantitative estimate of drug-likeness (QED) is 0.502. The monoisotopic (exact) mass is 513 g/mol. The van der Waals surface area contributed by atoms with E-state index in [9.17, 15) is 8.78 Å². The zero-order chi connectivity index (χ0) is 22.5. The third kappa shape index (κ3) is 4.54. The Morgan fingerprint density at radius 1 is 0.879 bits per heavy atom. The largest absolute Gasteiger partial charge is 1.00 e. The van der Waals surface area contributed by atoms with Gasteiger partial charge in [-0.2, -0.15) is 0 Å². The van der Waals surface area contributed by atoms with E-state index in [1.54, 1.807) is 0 Å². The van der Waals surface area contributed by atoms with Gasteiger partial charge in [-0.25, -0.2) is 13.4 Å². The standard InChI is InChI=1S/C27H26F2NO2.BrH/c1-27(2,3)19-6-4-17(5-7-19)15-30-11-10-18-12-24-25(32-16-31-24)14-22(18)26(30)21-9-8-20(28)13-23(21)29;/h4-9,12-14H,10-11,15-16H2,1-3H3;1H/q+1;/p-1. The van der Waals surface area contributed by atoms with Crippen molar-refractivity contribution < 1.29 is 39.8 Å². The fourth-order valence-electron chi connectivity index (χ4n) is 4.43. The lowest BCUT2D eigenvalue weighted by atomic mass is 9.86. The summed E-state index contributed by atoms with van der Waals surface area (Å²) in [6.07, 6.45) is 0.804. The number of nitrogens with zero attached hydrogens (tertiary/aromatic N) is 1. The predicted molar refractivity (Wildman–Crippen MR) is 120 cm³/mol. The Labute approximate surface area is 203 Å². The van der Waals surface area contributed by atoms with Crippen molar-refractivity contribution in [2.45, 2.75) is 39.2 Å². The Morgan fingerprint density at radius 3 is 2.24 bits per heavy atom. The minimum absolute atomic E-state index is 0. The Kier molecular flexibility index (Phi) is 6.32. The molecule has 0 radical (unpaired) electrons. The van der Waals surface area contributed by atoms with Crippen molar-refractivity contribution in [2.24, 2.45) is 0 Å². The average molecular weight is 514 g/mol. The number of ether oxygens (including phenoxy) is 2. The number of fused-ring (bicyclic) bond motifs is 2. The van der Waals surface area contributed by atoms with E-state index in [-0.39, 0.29) is 29.2 Å². The van der Waals surface area contributed by atoms with Crippen molar-refractivity contribution in [3.8, 4) is 11.5 Å². The molecular weight excluding hydrogens is 488 g/mol. The van der Waals surface area contributed by atoms with Crippen LogP contribution >= 0.6 is 0 Å². The Hall–Kier alpha value is -2.73. The fraction of sp³-hybridized carbons (Fsp3) is 0.296. The van der Waals surface area contributed by atoms with Crippen molar-refractivity contribution in [2.75, 3.05) is 13.3 Å². The lowest BCUT2D eigenvalue weighted by molar-refractivity contribution is -0.544. The van der Waals surface area contributed by atoms with Gasteiger partial charge in [0.05, 0.1) is 11.1 Å². The third-order valence-electron chi connectivity index (χ3n) is 6.20. The molecule has 0 aromatic heterocycles. The number of benzene rings is 3. The normalized spacial score (nSPS) is 14.7. The molecule has 33 heavy (non-hydrogen) atoms. The molecule has 6 heteroatoms. The molecular formula is C27H26BrF2NO2. The van der Waals surface area contributed by atoms with Gasteiger partial charge in [0.25, 0.3) is 0 Å². The van der Waals surface area contributed by atoms with Crippen LogP contribution in [-0.4, -0.2) is 23.6 Å². The van der Waals surface area contributed by atoms with Gasteiger partial charge in [0.15, 0.2) is 18.0 Å². The summed E-state index contributed by atoms with van der Waals surface area (Å²) >= 11 is 0. The van der Waals surface area contributed by atoms with Crippen LogP contribution in [0.25, 0.3) is 0 Å². The maximum atomic E-state index is 15.0. The molecule has 2 heterocycles. The van der Waals surface area contributed by atoms with Gasteiger partial charge in [0.1, 0.15) is 18.2 Å². The van der Waals surface area contributed by atoms with Gasteiger partial charge in [-0.3, -0.25) is 0 Å². The van der Waals surface area contributed by atoms with Gasteiger partial charge < -0.3 is 26.5 Å². The minimum Gasteiger partial charge on any atom is -1.00 e. The van der Waals surface area contributed by atoms with Crippen LogP contribution in [0, 0.1) is 11.6 Å². The molecule has 0 saturated carbocycles. The molecule has 0 aliphatic carbocycles. The second-order valence-corrected chi connectivity index (χ2v) is 9.45. The van der Waals surface area contributed by atoms with E-state index < -0.39 is 11.6 Å². The Balaban J connectivity index is 0.00000259. The predicted octanol–water partition coefficient (Wildman–Crippen LogP) is 2.60. The summed E-state index contributed by atoms with van der Waals surface area (Å²) in [4.78, 5) is 0. The molecule has 3 aromatic rings. The van der Waals surface area contributed by atoms with Crippen LogP contribution in [0.15, 0.2) is 54.6 Å². The summed E-state index contributed by atoms with van der Waals surface area (Å²) in [7, 11) is 0. The molecule has 0 N–H and O–H groups in total. The molecule has 0 atom stereocenters. The fourth-order valence-corrected chi connectivity index (χ4v) is 4.43. The van der Waals surface area contributed by atoms with Crippen molar-refractivity contribution in [3.63, 3.8) is 0 Å². The first-order chi connectivity index (χ1) is 15.3. The van der Waals surface area contributed by atoms with E-state index >= 15 is 0 Å². The number of rotatable bonds is 3. The number of hydrogen-bond donors (Lipinski definition) is 0. The van der Waals surface area contributed by atoms with Crippen LogP contribution in [0.2, 0.25) is 0 Å². The van der Waals surface area contributed by atoms with E-state index in [1.807, 2.05) is 12.1 Å². The Morgan fingerprint density at radius 2 is 1.58 bits per heavy atom. The van der Waals surface area contributed by atoms with Crippen molar-refractivity contribution in [1.82, 2.24) is 0 Å². The first kappa shape index (κ1) is 23.4. The summed E-state index contributed by atoms with van der Waals surface area (Å²) in [5.41, 5.74) is 5.61. The molecule has 5 rings (SSSR count). The molecule has 3 nitrogen and oxygen atoms in total. The third-order valence-corrected chi connectivity index (χ3v) is 6.20. The van der Waals surface area contributed by atoms with Crippen LogP contribution < -0.4 is 26.5 Å². The van der Waals surface area contributed by atoms with Crippen LogP contribution in [-0.2, 0) is 18.4 Å². The van der Waals surface area contributed by atoms with E-state index in [1.165, 1.54) is 17.7 Å². The first-order valence-electron chi connectivity index (χ1n) is 10.9. The highest BCUT2D eigenvalue weighted by Crippen LogP contribution is 2.37. The lowest BCUT2D eigenvalue weighted by Gasteiger charge is -2.21. The van der Waals surface area contributed by atoms with Crippen LogP contribution in [0.4, 0.5) is 8.78 Å². The maximum Gasteiger partial charge on any atom is 0.231 e. The molecule has 0 amide bonds. The second kappa shape index (κ2) is 8.90. The maximum absolute atomic E-state index is 15.0. The summed E-state index contributed by atoms with van der Waals surface area (Å²) < 4.78 is 41.9. The average Bonchev–Trinajstić information content (AvgIpc) is 3.20. The molecule has 2 aliphatic heterocycles. The van der Waals surface area contributed by atoms with Gasteiger partial charge in [0, 0.05) is 18.1 Å². The smallest absolute Gasteiger partial charge is 0.231 e. The summed E-state index contributed by atoms with van der Waals surface area (Å²) in [5, 5.41) is 0. The van der Waals surface area contributed by atoms with Crippen LogP contribution in [0.3, 0.4) is 0 Å². The van der Waals surface area contributed by atoms with E-state index in [0.717, 1.165) is 41.4 Å². The lowest BCUT2D eigenvalue weighted by Crippen LogP contribution is -3.00. The summed E-state index contributed by atoms with van der Waals surface area (Å²) in [6.45, 7) is 8.11. The highest BCUT2D eigenvalue weighted by molar-refractivity contribution is 6.11. The topological polar surface area (TPSA) is 21.5 Å². The van der Waals surface area contributed by atoms with E-state index in [0.29, 0.717) is 23.6 Å². The van der Waals surface area contributed by atoms with Gasteiger partial charge in [-0.15, -0.1) is 0 Å². The number of hydrogen-bond acceptors (Lipinski definition) is 2. The van der Waals surface area contributed by atoms with Crippen LogP contribution in [0.1, 0.15) is 48.6 Å². The van der Waals surface area contributed by atoms with Crippen molar-refractivity contribution in [3.05, 3.63) is 94.0 Å².